The average Bonchev–Trinajstić information content (AvgIpc) is 2.74. The van der Waals surface area contributed by atoms with Crippen molar-refractivity contribution >= 4 is 29.3 Å². The summed E-state index contributed by atoms with van der Waals surface area (Å²) in [5, 5.41) is 2.74. The Morgan fingerprint density at radius 3 is 2.04 bits per heavy atom. The summed E-state index contributed by atoms with van der Waals surface area (Å²) in [6.07, 6.45) is -4.24. The van der Waals surface area contributed by atoms with Crippen LogP contribution in [0.1, 0.15) is 15.9 Å². The van der Waals surface area contributed by atoms with Crippen molar-refractivity contribution in [3.8, 4) is 0 Å². The smallest absolute Gasteiger partial charge is 0.388 e. The van der Waals surface area contributed by atoms with Crippen molar-refractivity contribution < 1.29 is 18.0 Å². The Hall–Kier alpha value is -2.61. The Labute approximate surface area is 167 Å². The molecule has 3 rings (SSSR count). The van der Waals surface area contributed by atoms with Crippen LogP contribution in [0, 0.1) is 0 Å². The van der Waals surface area contributed by atoms with E-state index in [0.29, 0.717) is 5.69 Å². The number of benzene rings is 2. The number of amides is 1. The number of hydrogen-bond donors (Lipinski definition) is 1. The second-order valence-corrected chi connectivity index (χ2v) is 6.34. The molecule has 4 nitrogen and oxygen atoms in total. The van der Waals surface area contributed by atoms with Crippen LogP contribution in [-0.4, -0.2) is 54.4 Å². The molecule has 0 bridgehead atoms. The van der Waals surface area contributed by atoms with E-state index in [-0.39, 0.29) is 5.91 Å². The van der Waals surface area contributed by atoms with Gasteiger partial charge in [0, 0.05) is 44.5 Å². The number of halogens is 3. The minimum atomic E-state index is -4.24. The highest BCUT2D eigenvalue weighted by molar-refractivity contribution is 7.78. The molecule has 0 radical (unpaired) electrons. The first-order valence-electron chi connectivity index (χ1n) is 8.74. The average molecular weight is 409 g/mol. The van der Waals surface area contributed by atoms with Gasteiger partial charge in [0.25, 0.3) is 5.91 Å². The number of carbonyl (C=O) groups is 1. The summed E-state index contributed by atoms with van der Waals surface area (Å²) in [6.45, 7) is 3.17. The summed E-state index contributed by atoms with van der Waals surface area (Å²) in [4.78, 5) is 16.0. The third-order valence-corrected chi connectivity index (χ3v) is 4.57. The summed E-state index contributed by atoms with van der Waals surface area (Å²) >= 11 is 4.87. The third-order valence-electron chi connectivity index (χ3n) is 4.27. The Kier molecular flexibility index (Phi) is 7.80. The molecule has 1 N–H and O–H groups in total. The highest BCUT2D eigenvalue weighted by atomic mass is 32.1. The summed E-state index contributed by atoms with van der Waals surface area (Å²) in [5.41, 5.74) is 2.48. The standard InChI is InChI=1S/C12H14N2OS.C8H8F3N/c15-12(11-4-2-1-3-5-11)14-8-6-13(10-16)7-9-14;1-12-7-4-2-6(3-5-7)8(9,10)11/h1-5,10H,6-9H2;2-5,12H,1H3. The van der Waals surface area contributed by atoms with E-state index in [1.807, 2.05) is 35.2 Å². The van der Waals surface area contributed by atoms with Gasteiger partial charge in [0.05, 0.1) is 11.1 Å². The predicted octanol–water partition coefficient (Wildman–Crippen LogP) is 4.15. The van der Waals surface area contributed by atoms with Gasteiger partial charge in [0.2, 0.25) is 0 Å². The van der Waals surface area contributed by atoms with E-state index < -0.39 is 11.7 Å². The third kappa shape index (κ3) is 6.23. The van der Waals surface area contributed by atoms with Crippen LogP contribution in [0.5, 0.6) is 0 Å². The largest absolute Gasteiger partial charge is 0.416 e. The first kappa shape index (κ1) is 21.7. The number of nitrogens with one attached hydrogen (secondary N) is 1. The van der Waals surface area contributed by atoms with Gasteiger partial charge in [-0.1, -0.05) is 30.4 Å². The molecule has 1 aliphatic heterocycles. The molecule has 1 aliphatic rings. The van der Waals surface area contributed by atoms with Crippen molar-refractivity contribution in [2.45, 2.75) is 6.18 Å². The zero-order valence-electron chi connectivity index (χ0n) is 15.4. The van der Waals surface area contributed by atoms with Gasteiger partial charge in [0.1, 0.15) is 0 Å². The summed E-state index contributed by atoms with van der Waals surface area (Å²) in [6, 6.07) is 14.3. The van der Waals surface area contributed by atoms with Gasteiger partial charge in [-0.3, -0.25) is 4.79 Å². The maximum absolute atomic E-state index is 12.1. The van der Waals surface area contributed by atoms with Crippen molar-refractivity contribution in [1.29, 1.82) is 0 Å². The van der Waals surface area contributed by atoms with E-state index in [1.165, 1.54) is 12.1 Å². The van der Waals surface area contributed by atoms with E-state index in [4.69, 9.17) is 12.2 Å². The number of rotatable bonds is 3. The minimum Gasteiger partial charge on any atom is -0.388 e. The number of piperazine rings is 1. The SMILES string of the molecule is CNc1ccc(C(F)(F)F)cc1.O=C(c1ccccc1)N1CCN(C=S)CC1. The number of carbonyl (C=O) groups excluding carboxylic acids is 1. The predicted molar refractivity (Wildman–Crippen MR) is 109 cm³/mol. The Balaban J connectivity index is 0.000000209. The molecular formula is C20H22F3N3OS. The zero-order chi connectivity index (χ0) is 20.6. The lowest BCUT2D eigenvalue weighted by Crippen LogP contribution is -2.47. The lowest BCUT2D eigenvalue weighted by Gasteiger charge is -2.33. The van der Waals surface area contributed by atoms with Crippen LogP contribution in [-0.2, 0) is 6.18 Å². The molecule has 28 heavy (non-hydrogen) atoms. The molecule has 2 aromatic carbocycles. The van der Waals surface area contributed by atoms with Crippen molar-refractivity contribution in [2.75, 3.05) is 38.5 Å². The van der Waals surface area contributed by atoms with Gasteiger partial charge in [-0.05, 0) is 36.4 Å². The molecule has 0 spiro atoms. The topological polar surface area (TPSA) is 35.6 Å². The quantitative estimate of drug-likeness (QED) is 0.773. The van der Waals surface area contributed by atoms with Gasteiger partial charge in [-0.15, -0.1) is 0 Å². The number of alkyl halides is 3. The molecule has 8 heteroatoms. The van der Waals surface area contributed by atoms with Crippen LogP contribution >= 0.6 is 12.2 Å². The van der Waals surface area contributed by atoms with Crippen LogP contribution in [0.25, 0.3) is 0 Å². The molecule has 0 saturated carbocycles. The second-order valence-electron chi connectivity index (χ2n) is 6.12. The van der Waals surface area contributed by atoms with E-state index in [0.717, 1.165) is 43.9 Å². The molecule has 1 fully saturated rings. The van der Waals surface area contributed by atoms with E-state index >= 15 is 0 Å². The Morgan fingerprint density at radius 1 is 1.00 bits per heavy atom. The highest BCUT2D eigenvalue weighted by Crippen LogP contribution is 2.29. The summed E-state index contributed by atoms with van der Waals surface area (Å²) in [7, 11) is 1.66. The van der Waals surface area contributed by atoms with Gasteiger partial charge in [-0.2, -0.15) is 13.2 Å². The minimum absolute atomic E-state index is 0.115. The Morgan fingerprint density at radius 2 is 1.57 bits per heavy atom. The molecule has 0 unspecified atom stereocenters. The molecule has 1 saturated heterocycles. The van der Waals surface area contributed by atoms with Gasteiger partial charge < -0.3 is 15.1 Å². The van der Waals surface area contributed by atoms with Crippen molar-refractivity contribution in [2.24, 2.45) is 0 Å². The first-order valence-corrected chi connectivity index (χ1v) is 9.21. The molecule has 0 atom stereocenters. The summed E-state index contributed by atoms with van der Waals surface area (Å²) < 4.78 is 36.0. The van der Waals surface area contributed by atoms with E-state index in [2.05, 4.69) is 10.2 Å². The lowest BCUT2D eigenvalue weighted by atomic mass is 10.2. The first-order chi connectivity index (χ1) is 13.3. The van der Waals surface area contributed by atoms with E-state index in [1.54, 1.807) is 12.5 Å². The zero-order valence-corrected chi connectivity index (χ0v) is 16.3. The Bertz CT molecular complexity index is 759. The highest BCUT2D eigenvalue weighted by Gasteiger charge is 2.29. The number of hydrogen-bond acceptors (Lipinski definition) is 3. The normalized spacial score (nSPS) is 14.0. The molecular weight excluding hydrogens is 387 g/mol. The van der Waals surface area contributed by atoms with Crippen molar-refractivity contribution in [1.82, 2.24) is 9.80 Å². The van der Waals surface area contributed by atoms with E-state index in [9.17, 15) is 18.0 Å². The fraction of sp³-hybridized carbons (Fsp3) is 0.300. The van der Waals surface area contributed by atoms with Crippen LogP contribution in [0.2, 0.25) is 0 Å². The fourth-order valence-electron chi connectivity index (χ4n) is 2.62. The number of anilines is 1. The van der Waals surface area contributed by atoms with Crippen molar-refractivity contribution in [3.63, 3.8) is 0 Å². The van der Waals surface area contributed by atoms with Crippen LogP contribution in [0.3, 0.4) is 0 Å². The van der Waals surface area contributed by atoms with Crippen LogP contribution < -0.4 is 5.32 Å². The molecule has 2 aromatic rings. The molecule has 1 amide bonds. The molecule has 1 heterocycles. The summed E-state index contributed by atoms with van der Waals surface area (Å²) in [5.74, 6) is 0.115. The van der Waals surface area contributed by atoms with Crippen molar-refractivity contribution in [3.05, 3.63) is 65.7 Å². The van der Waals surface area contributed by atoms with Gasteiger partial charge in [-0.25, -0.2) is 0 Å². The van der Waals surface area contributed by atoms with Crippen LogP contribution in [0.15, 0.2) is 54.6 Å². The number of thiocarbonyl (C=S) groups is 1. The lowest BCUT2D eigenvalue weighted by molar-refractivity contribution is -0.137. The van der Waals surface area contributed by atoms with Gasteiger partial charge >= 0.3 is 6.18 Å². The molecule has 0 aliphatic carbocycles. The van der Waals surface area contributed by atoms with Gasteiger partial charge in [0.15, 0.2) is 0 Å². The monoisotopic (exact) mass is 409 g/mol. The fourth-order valence-corrected chi connectivity index (χ4v) is 2.83. The maximum Gasteiger partial charge on any atom is 0.416 e. The molecule has 150 valence electrons. The number of nitrogens with zero attached hydrogens (tertiary/aromatic N) is 2. The second kappa shape index (κ2) is 10.1. The maximum atomic E-state index is 12.1. The van der Waals surface area contributed by atoms with Crippen LogP contribution in [0.4, 0.5) is 18.9 Å². The molecule has 0 aromatic heterocycles.